The number of hydrogen-bond acceptors (Lipinski definition) is 5. The van der Waals surface area contributed by atoms with Gasteiger partial charge in [0.2, 0.25) is 5.91 Å². The highest BCUT2D eigenvalue weighted by molar-refractivity contribution is 6.29. The lowest BCUT2D eigenvalue weighted by Crippen LogP contribution is -2.44. The van der Waals surface area contributed by atoms with Crippen molar-refractivity contribution >= 4 is 23.3 Å². The highest BCUT2D eigenvalue weighted by Crippen LogP contribution is 2.28. The molecule has 1 aromatic heterocycles. The minimum Gasteiger partial charge on any atom is -0.434 e. The van der Waals surface area contributed by atoms with Gasteiger partial charge in [0, 0.05) is 18.7 Å². The molecule has 150 valence electrons. The topological polar surface area (TPSA) is 67.4 Å². The van der Waals surface area contributed by atoms with Crippen LogP contribution in [0.3, 0.4) is 0 Å². The Morgan fingerprint density at radius 3 is 2.79 bits per heavy atom. The molecule has 3 rings (SSSR count). The number of anilines is 1. The Morgan fingerprint density at radius 2 is 2.07 bits per heavy atom. The molecular formula is C19H21ClF2N4O2. The summed E-state index contributed by atoms with van der Waals surface area (Å²) in [7, 11) is 0. The molecule has 1 saturated heterocycles. The zero-order chi connectivity index (χ0) is 20.1. The van der Waals surface area contributed by atoms with Gasteiger partial charge in [-0.3, -0.25) is 4.79 Å². The monoisotopic (exact) mass is 410 g/mol. The molecule has 0 aliphatic carbocycles. The van der Waals surface area contributed by atoms with E-state index in [0.29, 0.717) is 23.1 Å². The number of carbonyl (C=O) groups excluding carboxylic acids is 1. The van der Waals surface area contributed by atoms with Crippen LogP contribution >= 0.6 is 11.6 Å². The third-order valence-corrected chi connectivity index (χ3v) is 4.90. The van der Waals surface area contributed by atoms with E-state index in [0.717, 1.165) is 19.4 Å². The van der Waals surface area contributed by atoms with Gasteiger partial charge in [-0.1, -0.05) is 29.8 Å². The molecule has 28 heavy (non-hydrogen) atoms. The molecule has 6 nitrogen and oxygen atoms in total. The Kier molecular flexibility index (Phi) is 6.61. The van der Waals surface area contributed by atoms with Gasteiger partial charge in [-0.2, -0.15) is 8.78 Å². The number of carbonyl (C=O) groups is 1. The number of ether oxygens (including phenoxy) is 1. The number of hydrogen-bond donors (Lipinski definition) is 1. The third kappa shape index (κ3) is 5.07. The summed E-state index contributed by atoms with van der Waals surface area (Å²) in [5.41, 5.74) is 0.507. The quantitative estimate of drug-likeness (QED) is 0.784. The number of para-hydroxylation sites is 1. The number of rotatable bonds is 6. The Labute approximate surface area is 166 Å². The molecule has 1 N–H and O–H groups in total. The van der Waals surface area contributed by atoms with Crippen molar-refractivity contribution < 1.29 is 18.3 Å². The molecule has 2 aromatic rings. The maximum absolute atomic E-state index is 12.8. The highest BCUT2D eigenvalue weighted by Gasteiger charge is 2.28. The largest absolute Gasteiger partial charge is 0.434 e. The number of nitrogens with zero attached hydrogens (tertiary/aromatic N) is 3. The van der Waals surface area contributed by atoms with Gasteiger partial charge in [0.15, 0.2) is 11.0 Å². The fourth-order valence-electron chi connectivity index (χ4n) is 3.33. The van der Waals surface area contributed by atoms with E-state index in [4.69, 9.17) is 11.6 Å². The molecule has 1 fully saturated rings. The van der Waals surface area contributed by atoms with Gasteiger partial charge >= 0.3 is 6.61 Å². The Hall–Kier alpha value is -2.48. The smallest absolute Gasteiger partial charge is 0.387 e. The fourth-order valence-corrected chi connectivity index (χ4v) is 3.43. The van der Waals surface area contributed by atoms with Crippen molar-refractivity contribution in [2.45, 2.75) is 32.4 Å². The zero-order valence-corrected chi connectivity index (χ0v) is 16.1. The minimum absolute atomic E-state index is 0.0620. The minimum atomic E-state index is -2.92. The normalized spacial score (nSPS) is 18.0. The molecule has 1 amide bonds. The molecular weight excluding hydrogens is 390 g/mol. The molecule has 0 radical (unpaired) electrons. The van der Waals surface area contributed by atoms with Gasteiger partial charge in [-0.05, 0) is 38.0 Å². The molecule has 0 spiro atoms. The lowest BCUT2D eigenvalue weighted by molar-refractivity contribution is -0.125. The van der Waals surface area contributed by atoms with Crippen LogP contribution in [-0.4, -0.2) is 35.8 Å². The standard InChI is InChI=1S/C19H21ClF2N4O2/c1-12(14-6-2-3-7-15(14)28-19(21)22)23-18(27)13-5-4-10-26(11-13)17-9-8-16(20)24-25-17/h2-3,6-9,12-13,19H,4-5,10-11H2,1H3,(H,23,27)/t12-,13+/m0/s1. The van der Waals surface area contributed by atoms with E-state index in [-0.39, 0.29) is 17.6 Å². The van der Waals surface area contributed by atoms with Crippen LogP contribution in [0.1, 0.15) is 31.4 Å². The number of piperidine rings is 1. The van der Waals surface area contributed by atoms with Crippen molar-refractivity contribution in [3.05, 3.63) is 47.1 Å². The molecule has 2 heterocycles. The Balaban J connectivity index is 1.65. The van der Waals surface area contributed by atoms with Gasteiger partial charge in [0.05, 0.1) is 12.0 Å². The van der Waals surface area contributed by atoms with Gasteiger partial charge in [-0.25, -0.2) is 0 Å². The van der Waals surface area contributed by atoms with E-state index in [1.807, 2.05) is 4.90 Å². The predicted molar refractivity (Wildman–Crippen MR) is 102 cm³/mol. The van der Waals surface area contributed by atoms with Crippen LogP contribution in [0, 0.1) is 5.92 Å². The summed E-state index contributed by atoms with van der Waals surface area (Å²) in [6.07, 6.45) is 1.58. The van der Waals surface area contributed by atoms with Crippen LogP contribution in [0.5, 0.6) is 5.75 Å². The Bertz CT molecular complexity index is 807. The second-order valence-corrected chi connectivity index (χ2v) is 7.03. The molecule has 9 heteroatoms. The lowest BCUT2D eigenvalue weighted by Gasteiger charge is -2.33. The predicted octanol–water partition coefficient (Wildman–Crippen LogP) is 3.83. The van der Waals surface area contributed by atoms with Crippen LogP contribution in [0.2, 0.25) is 5.15 Å². The Morgan fingerprint density at radius 1 is 1.29 bits per heavy atom. The third-order valence-electron chi connectivity index (χ3n) is 4.69. The maximum atomic E-state index is 12.8. The molecule has 0 bridgehead atoms. The van der Waals surface area contributed by atoms with E-state index >= 15 is 0 Å². The number of nitrogens with one attached hydrogen (secondary N) is 1. The van der Waals surface area contributed by atoms with Crippen molar-refractivity contribution in [2.24, 2.45) is 5.92 Å². The van der Waals surface area contributed by atoms with Crippen LogP contribution in [0.4, 0.5) is 14.6 Å². The van der Waals surface area contributed by atoms with Gasteiger partial charge in [0.25, 0.3) is 0 Å². The number of benzene rings is 1. The molecule has 1 aromatic carbocycles. The van der Waals surface area contributed by atoms with Gasteiger partial charge in [-0.15, -0.1) is 10.2 Å². The first kappa shape index (κ1) is 20.3. The second kappa shape index (κ2) is 9.14. The summed E-state index contributed by atoms with van der Waals surface area (Å²) in [5.74, 6) is 0.362. The van der Waals surface area contributed by atoms with Gasteiger partial charge in [0.1, 0.15) is 5.75 Å². The first-order chi connectivity index (χ1) is 13.4. The van der Waals surface area contributed by atoms with E-state index in [9.17, 15) is 13.6 Å². The second-order valence-electron chi connectivity index (χ2n) is 6.65. The highest BCUT2D eigenvalue weighted by atomic mass is 35.5. The number of halogens is 3. The van der Waals surface area contributed by atoms with E-state index in [2.05, 4.69) is 20.3 Å². The SMILES string of the molecule is C[C@H](NC(=O)[C@@H]1CCCN(c2ccc(Cl)nn2)C1)c1ccccc1OC(F)F. The van der Waals surface area contributed by atoms with Crippen LogP contribution in [0.15, 0.2) is 36.4 Å². The molecule has 1 aliphatic rings. The average Bonchev–Trinajstić information content (AvgIpc) is 2.68. The van der Waals surface area contributed by atoms with E-state index in [1.54, 1.807) is 37.3 Å². The summed E-state index contributed by atoms with van der Waals surface area (Å²) in [5, 5.41) is 11.1. The summed E-state index contributed by atoms with van der Waals surface area (Å²) >= 11 is 5.78. The summed E-state index contributed by atoms with van der Waals surface area (Å²) < 4.78 is 29.8. The number of aromatic nitrogens is 2. The summed E-state index contributed by atoms with van der Waals surface area (Å²) in [4.78, 5) is 14.8. The van der Waals surface area contributed by atoms with Crippen molar-refractivity contribution in [1.82, 2.24) is 15.5 Å². The van der Waals surface area contributed by atoms with Crippen molar-refractivity contribution in [2.75, 3.05) is 18.0 Å². The first-order valence-corrected chi connectivity index (χ1v) is 9.40. The van der Waals surface area contributed by atoms with E-state index in [1.165, 1.54) is 6.07 Å². The first-order valence-electron chi connectivity index (χ1n) is 9.02. The zero-order valence-electron chi connectivity index (χ0n) is 15.3. The average molecular weight is 411 g/mol. The summed E-state index contributed by atoms with van der Waals surface area (Å²) in [6.45, 7) is 0.109. The number of alkyl halides is 2. The molecule has 2 atom stereocenters. The fraction of sp³-hybridized carbons (Fsp3) is 0.421. The lowest BCUT2D eigenvalue weighted by atomic mass is 9.96. The van der Waals surface area contributed by atoms with Crippen LogP contribution in [-0.2, 0) is 4.79 Å². The van der Waals surface area contributed by atoms with Crippen LogP contribution < -0.4 is 15.0 Å². The molecule has 1 aliphatic heterocycles. The van der Waals surface area contributed by atoms with Crippen molar-refractivity contribution in [3.8, 4) is 5.75 Å². The van der Waals surface area contributed by atoms with Crippen molar-refractivity contribution in [1.29, 1.82) is 0 Å². The number of amides is 1. The van der Waals surface area contributed by atoms with Crippen molar-refractivity contribution in [3.63, 3.8) is 0 Å². The maximum Gasteiger partial charge on any atom is 0.387 e. The van der Waals surface area contributed by atoms with Gasteiger partial charge < -0.3 is 15.0 Å². The summed E-state index contributed by atoms with van der Waals surface area (Å²) in [6, 6.07) is 9.43. The van der Waals surface area contributed by atoms with E-state index < -0.39 is 12.7 Å². The molecule has 0 saturated carbocycles. The molecule has 0 unspecified atom stereocenters. The van der Waals surface area contributed by atoms with Crippen LogP contribution in [0.25, 0.3) is 0 Å².